The van der Waals surface area contributed by atoms with Crippen molar-refractivity contribution in [2.24, 2.45) is 0 Å². The van der Waals surface area contributed by atoms with E-state index in [-0.39, 0.29) is 40.8 Å². The highest BCUT2D eigenvalue weighted by atomic mass is 32.2. The number of anilines is 1. The number of sulfonamides is 1. The molecule has 1 aliphatic heterocycles. The second-order valence-corrected chi connectivity index (χ2v) is 15.8. The fourth-order valence-electron chi connectivity index (χ4n) is 5.29. The first kappa shape index (κ1) is 34.0. The second kappa shape index (κ2) is 13.0. The maximum atomic E-state index is 14.0. The maximum Gasteiger partial charge on any atom is 0.408 e. The number of hydrogen-bond acceptors (Lipinski definition) is 11. The highest BCUT2D eigenvalue weighted by Crippen LogP contribution is 2.36. The zero-order valence-corrected chi connectivity index (χ0v) is 29.1. The van der Waals surface area contributed by atoms with Gasteiger partial charge in [0.05, 0.1) is 12.3 Å². The summed E-state index contributed by atoms with van der Waals surface area (Å²) in [5, 5.41) is 14.2. The van der Waals surface area contributed by atoms with E-state index in [4.69, 9.17) is 9.15 Å². The molecule has 250 valence electrons. The van der Waals surface area contributed by atoms with Crippen LogP contribution in [0.25, 0.3) is 11.5 Å². The van der Waals surface area contributed by atoms with E-state index in [9.17, 15) is 18.0 Å². The summed E-state index contributed by atoms with van der Waals surface area (Å²) in [6.07, 6.45) is 2.23. The Hall–Kier alpha value is -4.37. The number of nitrogens with one attached hydrogen (secondary N) is 1. The van der Waals surface area contributed by atoms with Gasteiger partial charge in [0.2, 0.25) is 21.8 Å². The Morgan fingerprint density at radius 2 is 1.85 bits per heavy atom. The van der Waals surface area contributed by atoms with Gasteiger partial charge in [-0.05, 0) is 65.2 Å². The van der Waals surface area contributed by atoms with Crippen LogP contribution in [0.1, 0.15) is 79.2 Å². The van der Waals surface area contributed by atoms with Crippen LogP contribution < -0.4 is 9.62 Å². The van der Waals surface area contributed by atoms with Crippen molar-refractivity contribution in [1.29, 1.82) is 0 Å². The third kappa shape index (κ3) is 7.96. The SMILES string of the molecule is Cc1csc(C2CCCN2C(=O)c2cc(-c3nnc(C(C)(Cc4ccccc4)NC(=O)OC(C)(C)C)o3)cc(N(C)S(C)(=O)=O)n2)n1. The number of amides is 2. The van der Waals surface area contributed by atoms with Crippen LogP contribution >= 0.6 is 11.3 Å². The van der Waals surface area contributed by atoms with E-state index in [0.717, 1.165) is 39.7 Å². The van der Waals surface area contributed by atoms with E-state index < -0.39 is 27.3 Å². The molecule has 13 nitrogen and oxygen atoms in total. The quantitative estimate of drug-likeness (QED) is 0.247. The fourth-order valence-corrected chi connectivity index (χ4v) is 6.66. The molecule has 1 saturated heterocycles. The van der Waals surface area contributed by atoms with Gasteiger partial charge in [0.15, 0.2) is 0 Å². The molecule has 1 N–H and O–H groups in total. The summed E-state index contributed by atoms with van der Waals surface area (Å²) in [7, 11) is -2.38. The smallest absolute Gasteiger partial charge is 0.408 e. The molecule has 3 aromatic heterocycles. The van der Waals surface area contributed by atoms with Gasteiger partial charge in [-0.2, -0.15) is 0 Å². The molecule has 2 amide bonds. The van der Waals surface area contributed by atoms with E-state index >= 15 is 0 Å². The zero-order chi connectivity index (χ0) is 34.1. The average Bonchev–Trinajstić information content (AvgIpc) is 3.76. The molecule has 4 heterocycles. The van der Waals surface area contributed by atoms with Crippen molar-refractivity contribution in [3.63, 3.8) is 0 Å². The van der Waals surface area contributed by atoms with Crippen LogP contribution in [0.5, 0.6) is 0 Å². The normalized spacial score (nSPS) is 16.5. The Bertz CT molecular complexity index is 1870. The number of benzene rings is 1. The third-order valence-electron chi connectivity index (χ3n) is 7.61. The summed E-state index contributed by atoms with van der Waals surface area (Å²) >= 11 is 1.50. The largest absolute Gasteiger partial charge is 0.444 e. The van der Waals surface area contributed by atoms with Gasteiger partial charge in [-0.1, -0.05) is 30.3 Å². The number of rotatable bonds is 9. The van der Waals surface area contributed by atoms with Crippen LogP contribution in [-0.2, 0) is 26.7 Å². The lowest BCUT2D eigenvalue weighted by Crippen LogP contribution is -2.47. The van der Waals surface area contributed by atoms with Gasteiger partial charge < -0.3 is 19.4 Å². The lowest BCUT2D eigenvalue weighted by atomic mass is 9.92. The fraction of sp³-hybridized carbons (Fsp3) is 0.438. The summed E-state index contributed by atoms with van der Waals surface area (Å²) in [4.78, 5) is 37.7. The Labute approximate surface area is 278 Å². The summed E-state index contributed by atoms with van der Waals surface area (Å²) < 4.78 is 37.8. The molecule has 0 spiro atoms. The maximum absolute atomic E-state index is 14.0. The molecule has 47 heavy (non-hydrogen) atoms. The summed E-state index contributed by atoms with van der Waals surface area (Å²) in [5.41, 5.74) is 0.151. The van der Waals surface area contributed by atoms with Crippen molar-refractivity contribution in [2.45, 2.75) is 71.1 Å². The minimum Gasteiger partial charge on any atom is -0.444 e. The standard InChI is InChI=1S/C32H39N7O6S2/c1-20-19-46-27(33-20)24-14-11-15-39(24)28(40)23-16-22(17-25(34-23)38(6)47(7,42)43)26-36-37-29(44-26)32(5,18-21-12-9-8-10-13-21)35-30(41)45-31(2,3)4/h8-10,12-13,16-17,19,24H,11,14-15,18H2,1-7H3,(H,35,41). The van der Waals surface area contributed by atoms with Crippen LogP contribution in [0, 0.1) is 6.92 Å². The van der Waals surface area contributed by atoms with Crippen LogP contribution in [-0.4, -0.2) is 70.9 Å². The summed E-state index contributed by atoms with van der Waals surface area (Å²) in [5.74, 6) is -0.263. The van der Waals surface area contributed by atoms with Crippen molar-refractivity contribution in [2.75, 3.05) is 24.2 Å². The van der Waals surface area contributed by atoms with E-state index in [2.05, 4.69) is 25.5 Å². The van der Waals surface area contributed by atoms with Gasteiger partial charge in [-0.15, -0.1) is 21.5 Å². The zero-order valence-electron chi connectivity index (χ0n) is 27.5. The lowest BCUT2D eigenvalue weighted by Gasteiger charge is -2.29. The van der Waals surface area contributed by atoms with Crippen LogP contribution in [0.2, 0.25) is 0 Å². The molecule has 1 fully saturated rings. The highest BCUT2D eigenvalue weighted by Gasteiger charge is 2.38. The molecular weight excluding hydrogens is 643 g/mol. The van der Waals surface area contributed by atoms with Gasteiger partial charge in [0, 0.05) is 36.7 Å². The van der Waals surface area contributed by atoms with Crippen molar-refractivity contribution < 1.29 is 27.2 Å². The van der Waals surface area contributed by atoms with Crippen LogP contribution in [0.3, 0.4) is 0 Å². The van der Waals surface area contributed by atoms with Gasteiger partial charge in [0.1, 0.15) is 27.7 Å². The number of hydrogen-bond donors (Lipinski definition) is 1. The molecule has 4 aromatic rings. The molecular formula is C32H39N7O6S2. The topological polar surface area (TPSA) is 161 Å². The number of likely N-dealkylation sites (tertiary alicyclic amines) is 1. The summed E-state index contributed by atoms with van der Waals surface area (Å²) in [6.45, 7) is 9.46. The number of aryl methyl sites for hydroxylation is 1. The van der Waals surface area contributed by atoms with Gasteiger partial charge in [0.25, 0.3) is 5.91 Å². The van der Waals surface area contributed by atoms with Gasteiger partial charge in [-0.3, -0.25) is 9.10 Å². The molecule has 0 saturated carbocycles. The highest BCUT2D eigenvalue weighted by molar-refractivity contribution is 7.92. The third-order valence-corrected chi connectivity index (χ3v) is 9.85. The van der Waals surface area contributed by atoms with Crippen molar-refractivity contribution in [3.8, 4) is 11.5 Å². The Morgan fingerprint density at radius 1 is 1.13 bits per heavy atom. The monoisotopic (exact) mass is 681 g/mol. The average molecular weight is 682 g/mol. The Balaban J connectivity index is 1.54. The van der Waals surface area contributed by atoms with Gasteiger partial charge >= 0.3 is 6.09 Å². The number of thiazole rings is 1. The first-order chi connectivity index (χ1) is 22.0. The number of aromatic nitrogens is 4. The molecule has 0 radical (unpaired) electrons. The molecule has 0 aliphatic carbocycles. The predicted octanol–water partition coefficient (Wildman–Crippen LogP) is 5.25. The molecule has 5 rings (SSSR count). The number of alkyl carbamates (subject to hydrolysis) is 1. The van der Waals surface area contributed by atoms with Crippen LogP contribution in [0.4, 0.5) is 10.6 Å². The number of pyridine rings is 1. The molecule has 0 bridgehead atoms. The molecule has 2 unspecified atom stereocenters. The predicted molar refractivity (Wildman–Crippen MR) is 178 cm³/mol. The Kier molecular flexibility index (Phi) is 9.42. The lowest BCUT2D eigenvalue weighted by molar-refractivity contribution is 0.0443. The first-order valence-electron chi connectivity index (χ1n) is 15.1. The second-order valence-electron chi connectivity index (χ2n) is 12.8. The number of carbonyl (C=O) groups is 2. The minimum atomic E-state index is -3.74. The van der Waals surface area contributed by atoms with E-state index in [1.165, 1.54) is 30.5 Å². The van der Waals surface area contributed by atoms with E-state index in [1.807, 2.05) is 42.6 Å². The summed E-state index contributed by atoms with van der Waals surface area (Å²) in [6, 6.07) is 12.3. The van der Waals surface area contributed by atoms with Gasteiger partial charge in [-0.25, -0.2) is 23.2 Å². The number of nitrogens with zero attached hydrogens (tertiary/aromatic N) is 6. The van der Waals surface area contributed by atoms with Crippen molar-refractivity contribution in [3.05, 3.63) is 75.7 Å². The van der Waals surface area contributed by atoms with E-state index in [0.29, 0.717) is 13.0 Å². The first-order valence-corrected chi connectivity index (χ1v) is 17.8. The van der Waals surface area contributed by atoms with Crippen molar-refractivity contribution in [1.82, 2.24) is 30.4 Å². The number of carbonyl (C=O) groups excluding carboxylic acids is 2. The molecule has 2 atom stereocenters. The Morgan fingerprint density at radius 3 is 2.49 bits per heavy atom. The molecule has 1 aromatic carbocycles. The van der Waals surface area contributed by atoms with E-state index in [1.54, 1.807) is 32.6 Å². The molecule has 15 heteroatoms. The molecule has 1 aliphatic rings. The number of ether oxygens (including phenoxy) is 1. The van der Waals surface area contributed by atoms with Crippen LogP contribution in [0.15, 0.2) is 52.3 Å². The minimum absolute atomic E-state index is 0.00728. The van der Waals surface area contributed by atoms with Crippen molar-refractivity contribution >= 4 is 39.2 Å².